The van der Waals surface area contributed by atoms with Crippen molar-refractivity contribution in [3.05, 3.63) is 87.8 Å². The van der Waals surface area contributed by atoms with E-state index in [1.54, 1.807) is 12.3 Å². The van der Waals surface area contributed by atoms with Crippen LogP contribution in [0.25, 0.3) is 33.4 Å². The zero-order valence-electron chi connectivity index (χ0n) is 15.5. The van der Waals surface area contributed by atoms with Crippen molar-refractivity contribution in [2.45, 2.75) is 6.92 Å². The third kappa shape index (κ3) is 2.31. The lowest BCUT2D eigenvalue weighted by molar-refractivity contribution is 0.0657. The Morgan fingerprint density at radius 2 is 1.90 bits per heavy atom. The normalized spacial score (nSPS) is 13.8. The fourth-order valence-corrected chi connectivity index (χ4v) is 4.02. The van der Waals surface area contributed by atoms with Crippen molar-refractivity contribution >= 4 is 45.6 Å². The Bertz CT molecular complexity index is 1550. The van der Waals surface area contributed by atoms with Crippen LogP contribution in [0, 0.1) is 6.92 Å². The van der Waals surface area contributed by atoms with Crippen molar-refractivity contribution in [3.8, 4) is 0 Å². The molecule has 29 heavy (non-hydrogen) atoms. The van der Waals surface area contributed by atoms with Crippen molar-refractivity contribution in [2.75, 3.05) is 0 Å². The number of aryl methyl sites for hydroxylation is 1. The maximum absolute atomic E-state index is 12.4. The van der Waals surface area contributed by atoms with E-state index in [9.17, 15) is 4.79 Å². The summed E-state index contributed by atoms with van der Waals surface area (Å²) in [4.78, 5) is 12.4. The molecule has 0 N–H and O–H groups in total. The zero-order valence-corrected chi connectivity index (χ0v) is 15.5. The second-order valence-electron chi connectivity index (χ2n) is 7.18. The van der Waals surface area contributed by atoms with E-state index in [1.807, 2.05) is 25.1 Å². The van der Waals surface area contributed by atoms with Gasteiger partial charge in [-0.3, -0.25) is 0 Å². The van der Waals surface area contributed by atoms with Gasteiger partial charge in [-0.2, -0.15) is 10.2 Å². The highest BCUT2D eigenvalue weighted by atomic mass is 16.5. The van der Waals surface area contributed by atoms with Gasteiger partial charge in [-0.15, -0.1) is 0 Å². The van der Waals surface area contributed by atoms with E-state index in [-0.39, 0.29) is 5.76 Å². The molecular formula is C24H14N2O3. The molecular weight excluding hydrogens is 364 g/mol. The molecule has 1 aliphatic heterocycles. The molecule has 0 spiro atoms. The van der Waals surface area contributed by atoms with Crippen molar-refractivity contribution in [1.29, 1.82) is 0 Å². The number of hydrogen-bond acceptors (Lipinski definition) is 5. The summed E-state index contributed by atoms with van der Waals surface area (Å²) in [5, 5.41) is 14.5. The number of benzene rings is 3. The van der Waals surface area contributed by atoms with Gasteiger partial charge in [-0.05, 0) is 70.4 Å². The molecule has 138 valence electrons. The maximum Gasteiger partial charge on any atom is 0.379 e. The van der Waals surface area contributed by atoms with Crippen LogP contribution < -0.4 is 10.6 Å². The summed E-state index contributed by atoms with van der Waals surface area (Å²) in [7, 11) is 0. The van der Waals surface area contributed by atoms with Crippen LogP contribution in [0.5, 0.6) is 0 Å². The van der Waals surface area contributed by atoms with Crippen LogP contribution in [0.1, 0.15) is 27.2 Å². The Morgan fingerprint density at radius 3 is 2.76 bits per heavy atom. The maximum atomic E-state index is 12.4. The molecule has 0 atom stereocenters. The summed E-state index contributed by atoms with van der Waals surface area (Å²) >= 11 is 0. The highest BCUT2D eigenvalue weighted by molar-refractivity contribution is 6.12. The number of fused-ring (bicyclic) bond motifs is 6. The number of carbonyl (C=O) groups excluding carboxylic acids is 1. The van der Waals surface area contributed by atoms with Gasteiger partial charge in [-0.1, -0.05) is 18.2 Å². The Morgan fingerprint density at radius 1 is 1.00 bits per heavy atom. The number of carbonyl (C=O) groups is 1. The monoisotopic (exact) mass is 378 g/mol. The molecule has 0 radical (unpaired) electrons. The van der Waals surface area contributed by atoms with Crippen molar-refractivity contribution in [3.63, 3.8) is 0 Å². The molecule has 3 aromatic carbocycles. The number of ether oxygens (including phenoxy) is 1. The largest absolute Gasteiger partial charge is 0.457 e. The smallest absolute Gasteiger partial charge is 0.379 e. The van der Waals surface area contributed by atoms with Crippen LogP contribution in [-0.2, 0) is 4.74 Å². The number of rotatable bonds is 2. The molecule has 0 fully saturated rings. The number of hydrogen-bond donors (Lipinski definition) is 0. The summed E-state index contributed by atoms with van der Waals surface area (Å²) in [5.74, 6) is 0.270. The van der Waals surface area contributed by atoms with Gasteiger partial charge in [0.15, 0.2) is 0 Å². The Labute approximate surface area is 164 Å². The third-order valence-electron chi connectivity index (χ3n) is 5.49. The fraction of sp³-hybridized carbons (Fsp3) is 0.0417. The van der Waals surface area contributed by atoms with E-state index >= 15 is 0 Å². The predicted octanol–water partition coefficient (Wildman–Crippen LogP) is 3.85. The van der Waals surface area contributed by atoms with Gasteiger partial charge in [0.05, 0.1) is 17.8 Å². The first-order valence-corrected chi connectivity index (χ1v) is 9.28. The van der Waals surface area contributed by atoms with Crippen molar-refractivity contribution in [1.82, 2.24) is 0 Å². The lowest BCUT2D eigenvalue weighted by Gasteiger charge is -2.08. The van der Waals surface area contributed by atoms with Gasteiger partial charge < -0.3 is 9.15 Å². The summed E-state index contributed by atoms with van der Waals surface area (Å²) in [6, 6.07) is 14.2. The van der Waals surface area contributed by atoms with Crippen LogP contribution in [0.4, 0.5) is 0 Å². The molecule has 5 nitrogen and oxygen atoms in total. The SMILES string of the molecule is Cc1ccoc1C(=O)OC1=c2ccc3c(ccc4cc5c(cc43)C=NN=5)c2C=C1. The second kappa shape index (κ2) is 5.75. The molecule has 4 aromatic rings. The van der Waals surface area contributed by atoms with E-state index in [0.29, 0.717) is 5.76 Å². The van der Waals surface area contributed by atoms with E-state index in [0.717, 1.165) is 48.8 Å². The van der Waals surface area contributed by atoms with E-state index in [1.165, 1.54) is 6.26 Å². The van der Waals surface area contributed by atoms with E-state index < -0.39 is 5.97 Å². The number of furan rings is 1. The average Bonchev–Trinajstić information content (AvgIpc) is 3.45. The first-order valence-electron chi connectivity index (χ1n) is 9.28. The van der Waals surface area contributed by atoms with Gasteiger partial charge in [0.25, 0.3) is 0 Å². The summed E-state index contributed by atoms with van der Waals surface area (Å²) < 4.78 is 10.9. The lowest BCUT2D eigenvalue weighted by atomic mass is 9.96. The standard InChI is InChI=1S/C24H14N2O3/c1-13-8-9-28-23(13)24(27)29-22-7-6-17-16-3-2-14-11-21-15(12-25-26-21)10-20(14)18(16)4-5-19(17)22/h2-12H,1H3. The van der Waals surface area contributed by atoms with Gasteiger partial charge in [0.1, 0.15) is 5.76 Å². The molecule has 2 heterocycles. The van der Waals surface area contributed by atoms with Crippen LogP contribution in [0.15, 0.2) is 69.4 Å². The molecule has 0 amide bonds. The van der Waals surface area contributed by atoms with Crippen LogP contribution in [-0.4, -0.2) is 12.2 Å². The van der Waals surface area contributed by atoms with Crippen LogP contribution in [0.3, 0.4) is 0 Å². The molecule has 5 heteroatoms. The van der Waals surface area contributed by atoms with E-state index in [2.05, 4.69) is 40.5 Å². The highest BCUT2D eigenvalue weighted by Crippen LogP contribution is 2.29. The molecule has 6 rings (SSSR count). The molecule has 0 unspecified atom stereocenters. The fourth-order valence-electron chi connectivity index (χ4n) is 4.02. The first kappa shape index (κ1) is 16.0. The van der Waals surface area contributed by atoms with Crippen LogP contribution >= 0.6 is 0 Å². The Hall–Kier alpha value is -3.99. The van der Waals surface area contributed by atoms with Crippen molar-refractivity contribution in [2.24, 2.45) is 10.2 Å². The third-order valence-corrected chi connectivity index (χ3v) is 5.49. The van der Waals surface area contributed by atoms with Crippen molar-refractivity contribution < 1.29 is 13.9 Å². The molecule has 2 aliphatic rings. The zero-order chi connectivity index (χ0) is 19.5. The minimum atomic E-state index is -0.489. The quantitative estimate of drug-likeness (QED) is 0.393. The second-order valence-corrected chi connectivity index (χ2v) is 7.18. The molecule has 0 saturated heterocycles. The molecule has 1 aliphatic carbocycles. The minimum absolute atomic E-state index is 0.229. The van der Waals surface area contributed by atoms with Gasteiger partial charge in [0, 0.05) is 16.3 Å². The summed E-state index contributed by atoms with van der Waals surface area (Å²) in [6.45, 7) is 1.82. The lowest BCUT2D eigenvalue weighted by Crippen LogP contribution is -2.12. The number of esters is 1. The van der Waals surface area contributed by atoms with Crippen LogP contribution in [0.2, 0.25) is 0 Å². The summed E-state index contributed by atoms with van der Waals surface area (Å²) in [5.41, 5.74) is 2.82. The Balaban J connectivity index is 1.52. The Kier molecular flexibility index (Phi) is 3.18. The van der Waals surface area contributed by atoms with E-state index in [4.69, 9.17) is 9.15 Å². The predicted molar refractivity (Wildman–Crippen MR) is 111 cm³/mol. The summed E-state index contributed by atoms with van der Waals surface area (Å²) in [6.07, 6.45) is 7.09. The topological polar surface area (TPSA) is 64.2 Å². The average molecular weight is 378 g/mol. The van der Waals surface area contributed by atoms with Gasteiger partial charge in [-0.25, -0.2) is 4.79 Å². The molecule has 1 aromatic heterocycles. The first-order chi connectivity index (χ1) is 14.2. The minimum Gasteiger partial charge on any atom is -0.457 e. The highest BCUT2D eigenvalue weighted by Gasteiger charge is 2.19. The number of nitrogens with zero attached hydrogens (tertiary/aromatic N) is 2. The van der Waals surface area contributed by atoms with Gasteiger partial charge in [0.2, 0.25) is 5.76 Å². The molecule has 0 bridgehead atoms. The van der Waals surface area contributed by atoms with Gasteiger partial charge >= 0.3 is 5.97 Å². The molecule has 0 saturated carbocycles.